The number of carbonyl (C=O) groups excluding carboxylic acids is 1. The summed E-state index contributed by atoms with van der Waals surface area (Å²) in [5.74, 6) is -0.0291. The highest BCUT2D eigenvalue weighted by atomic mass is 16.5. The van der Waals surface area contributed by atoms with Gasteiger partial charge in [-0.2, -0.15) is 0 Å². The summed E-state index contributed by atoms with van der Waals surface area (Å²) in [6, 6.07) is 10.3. The molecule has 0 radical (unpaired) electrons. The predicted octanol–water partition coefficient (Wildman–Crippen LogP) is 4.93. The molecular formula is C26H34O7. The van der Waals surface area contributed by atoms with Gasteiger partial charge in [-0.25, -0.2) is 0 Å². The number of aromatic hydroxyl groups is 1. The Hall–Kier alpha value is -3.06. The van der Waals surface area contributed by atoms with Gasteiger partial charge in [-0.05, 0) is 43.2 Å². The summed E-state index contributed by atoms with van der Waals surface area (Å²) < 4.78 is 11.6. The quantitative estimate of drug-likeness (QED) is 0.288. The number of benzene rings is 2. The second kappa shape index (κ2) is 11.7. The van der Waals surface area contributed by atoms with Crippen molar-refractivity contribution in [1.82, 2.24) is 0 Å². The first-order valence-electron chi connectivity index (χ1n) is 11.2. The minimum Gasteiger partial charge on any atom is -0.507 e. The number of phenols is 1. The third-order valence-electron chi connectivity index (χ3n) is 5.45. The normalized spacial score (nSPS) is 12.3. The molecule has 2 aromatic rings. The van der Waals surface area contributed by atoms with Gasteiger partial charge in [-0.1, -0.05) is 39.3 Å². The molecule has 0 saturated carbocycles. The van der Waals surface area contributed by atoms with E-state index in [1.54, 1.807) is 50.2 Å². The number of carboxylic acids is 1. The number of ether oxygens (including phenoxy) is 2. The number of ketones is 1. The van der Waals surface area contributed by atoms with Crippen molar-refractivity contribution < 1.29 is 34.4 Å². The number of hydrogen-bond donors (Lipinski definition) is 3. The van der Waals surface area contributed by atoms with Crippen molar-refractivity contribution in [3.63, 3.8) is 0 Å². The first kappa shape index (κ1) is 26.2. The summed E-state index contributed by atoms with van der Waals surface area (Å²) in [5, 5.41) is 30.1. The molecule has 3 N–H and O–H groups in total. The minimum atomic E-state index is -0.960. The van der Waals surface area contributed by atoms with E-state index in [0.29, 0.717) is 54.2 Å². The molecule has 0 aliphatic rings. The second-order valence-corrected chi connectivity index (χ2v) is 8.83. The molecule has 0 amide bonds. The highest BCUT2D eigenvalue weighted by Crippen LogP contribution is 2.37. The number of phenolic OH excluding ortho intramolecular Hbond substituents is 1. The van der Waals surface area contributed by atoms with Crippen molar-refractivity contribution in [3.05, 3.63) is 53.1 Å². The van der Waals surface area contributed by atoms with Crippen LogP contribution in [0.5, 0.6) is 17.2 Å². The van der Waals surface area contributed by atoms with Gasteiger partial charge in [0, 0.05) is 17.4 Å². The van der Waals surface area contributed by atoms with Gasteiger partial charge in [0.2, 0.25) is 0 Å². The number of aliphatic hydroxyl groups excluding tert-OH is 1. The van der Waals surface area contributed by atoms with E-state index < -0.39 is 17.5 Å². The number of aliphatic hydroxyl groups is 1. The third-order valence-corrected chi connectivity index (χ3v) is 5.45. The first-order chi connectivity index (χ1) is 15.6. The molecule has 0 heterocycles. The van der Waals surface area contributed by atoms with E-state index in [2.05, 4.69) is 0 Å². The van der Waals surface area contributed by atoms with E-state index in [1.807, 2.05) is 6.92 Å². The molecule has 1 unspecified atom stereocenters. The number of rotatable bonds is 13. The van der Waals surface area contributed by atoms with E-state index in [9.17, 15) is 19.8 Å². The molecule has 0 bridgehead atoms. The zero-order valence-electron chi connectivity index (χ0n) is 19.8. The van der Waals surface area contributed by atoms with Crippen molar-refractivity contribution in [3.8, 4) is 17.2 Å². The van der Waals surface area contributed by atoms with Crippen LogP contribution in [0.25, 0.3) is 0 Å². The fourth-order valence-electron chi connectivity index (χ4n) is 3.67. The Bertz CT molecular complexity index is 965. The van der Waals surface area contributed by atoms with E-state index in [4.69, 9.17) is 14.6 Å². The van der Waals surface area contributed by atoms with Crippen LogP contribution in [0, 0.1) is 5.41 Å². The number of hydrogen-bond acceptors (Lipinski definition) is 6. The molecule has 0 spiro atoms. The van der Waals surface area contributed by atoms with Gasteiger partial charge in [0.15, 0.2) is 5.78 Å². The van der Waals surface area contributed by atoms with Gasteiger partial charge < -0.3 is 24.8 Å². The van der Waals surface area contributed by atoms with Crippen LogP contribution in [0.15, 0.2) is 36.4 Å². The summed E-state index contributed by atoms with van der Waals surface area (Å²) in [7, 11) is 0. The number of carboxylic acid groups (broad SMARTS) is 1. The molecule has 2 rings (SSSR count). The SMILES string of the molecule is CCCc1c(OCCCOc2cccc(C(O)C(C)(C)CC(=O)O)c2)ccc(C(C)=O)c1O. The lowest BCUT2D eigenvalue weighted by molar-refractivity contribution is -0.141. The average molecular weight is 459 g/mol. The van der Waals surface area contributed by atoms with Crippen LogP contribution in [0.1, 0.15) is 74.5 Å². The van der Waals surface area contributed by atoms with E-state index in [1.165, 1.54) is 6.92 Å². The van der Waals surface area contributed by atoms with E-state index in [0.717, 1.165) is 6.42 Å². The smallest absolute Gasteiger partial charge is 0.303 e. The topological polar surface area (TPSA) is 113 Å². The maximum atomic E-state index is 11.7. The zero-order chi connectivity index (χ0) is 24.6. The molecule has 0 aromatic heterocycles. The Morgan fingerprint density at radius 1 is 1.09 bits per heavy atom. The predicted molar refractivity (Wildman–Crippen MR) is 125 cm³/mol. The second-order valence-electron chi connectivity index (χ2n) is 8.83. The molecule has 2 aromatic carbocycles. The van der Waals surface area contributed by atoms with Crippen LogP contribution < -0.4 is 9.47 Å². The molecule has 0 saturated heterocycles. The van der Waals surface area contributed by atoms with Crippen molar-refractivity contribution in [2.75, 3.05) is 13.2 Å². The van der Waals surface area contributed by atoms with Crippen LogP contribution in [-0.2, 0) is 11.2 Å². The van der Waals surface area contributed by atoms with Crippen LogP contribution >= 0.6 is 0 Å². The minimum absolute atomic E-state index is 0.0145. The summed E-state index contributed by atoms with van der Waals surface area (Å²) in [6.07, 6.45) is 0.895. The maximum Gasteiger partial charge on any atom is 0.303 e. The summed E-state index contributed by atoms with van der Waals surface area (Å²) in [5.41, 5.74) is 0.706. The van der Waals surface area contributed by atoms with E-state index in [-0.39, 0.29) is 18.0 Å². The summed E-state index contributed by atoms with van der Waals surface area (Å²) in [4.78, 5) is 22.7. The summed E-state index contributed by atoms with van der Waals surface area (Å²) >= 11 is 0. The lowest BCUT2D eigenvalue weighted by atomic mass is 9.80. The highest BCUT2D eigenvalue weighted by Gasteiger charge is 2.31. The largest absolute Gasteiger partial charge is 0.507 e. The fraction of sp³-hybridized carbons (Fsp3) is 0.462. The van der Waals surface area contributed by atoms with Gasteiger partial charge in [0.25, 0.3) is 0 Å². The summed E-state index contributed by atoms with van der Waals surface area (Å²) in [6.45, 7) is 7.58. The molecule has 0 aliphatic carbocycles. The molecule has 7 heteroatoms. The molecular weight excluding hydrogens is 424 g/mol. The van der Waals surface area contributed by atoms with Crippen molar-refractivity contribution in [2.45, 2.75) is 59.5 Å². The molecule has 33 heavy (non-hydrogen) atoms. The molecule has 7 nitrogen and oxygen atoms in total. The Morgan fingerprint density at radius 2 is 1.79 bits per heavy atom. The van der Waals surface area contributed by atoms with Gasteiger partial charge in [-0.15, -0.1) is 0 Å². The standard InChI is InChI=1S/C26H34O7/c1-5-8-21-22(12-11-20(17(2)27)24(21)30)33-14-7-13-32-19-10-6-9-18(15-19)25(31)26(3,4)16-23(28)29/h6,9-12,15,25,30-31H,5,7-8,13-14,16H2,1-4H3,(H,28,29). The number of aliphatic carboxylic acids is 1. The van der Waals surface area contributed by atoms with Crippen LogP contribution in [0.2, 0.25) is 0 Å². The lowest BCUT2D eigenvalue weighted by Crippen LogP contribution is -2.25. The average Bonchev–Trinajstić information content (AvgIpc) is 2.74. The monoisotopic (exact) mass is 458 g/mol. The zero-order valence-corrected chi connectivity index (χ0v) is 19.8. The third kappa shape index (κ3) is 7.22. The first-order valence-corrected chi connectivity index (χ1v) is 11.2. The van der Waals surface area contributed by atoms with Gasteiger partial charge in [0.1, 0.15) is 17.2 Å². The number of carbonyl (C=O) groups is 2. The molecule has 0 aliphatic heterocycles. The number of Topliss-reactive ketones (excluding diaryl/α,β-unsaturated/α-hetero) is 1. The van der Waals surface area contributed by atoms with Crippen LogP contribution in [-0.4, -0.2) is 40.3 Å². The Morgan fingerprint density at radius 3 is 2.42 bits per heavy atom. The van der Waals surface area contributed by atoms with Gasteiger partial charge in [-0.3, -0.25) is 9.59 Å². The molecule has 1 atom stereocenters. The highest BCUT2D eigenvalue weighted by molar-refractivity contribution is 5.97. The van der Waals surface area contributed by atoms with Crippen molar-refractivity contribution in [2.24, 2.45) is 5.41 Å². The maximum absolute atomic E-state index is 11.7. The van der Waals surface area contributed by atoms with E-state index >= 15 is 0 Å². The Kier molecular flexibility index (Phi) is 9.29. The van der Waals surface area contributed by atoms with Crippen LogP contribution in [0.4, 0.5) is 0 Å². The lowest BCUT2D eigenvalue weighted by Gasteiger charge is -2.29. The van der Waals surface area contributed by atoms with Gasteiger partial charge >= 0.3 is 5.97 Å². The van der Waals surface area contributed by atoms with Crippen molar-refractivity contribution >= 4 is 11.8 Å². The Balaban J connectivity index is 1.93. The van der Waals surface area contributed by atoms with Crippen molar-refractivity contribution in [1.29, 1.82) is 0 Å². The fourth-order valence-corrected chi connectivity index (χ4v) is 3.67. The van der Waals surface area contributed by atoms with Crippen LogP contribution in [0.3, 0.4) is 0 Å². The molecule has 180 valence electrons. The Labute approximate surface area is 195 Å². The molecule has 0 fully saturated rings. The van der Waals surface area contributed by atoms with Gasteiger partial charge in [0.05, 0.1) is 31.3 Å².